The SMILES string of the molecule is CC(=O)N(C)C(=O)O/N=C1\SCOC1C. The van der Waals surface area contributed by atoms with Gasteiger partial charge in [0.1, 0.15) is 11.1 Å². The van der Waals surface area contributed by atoms with Crippen molar-refractivity contribution in [1.82, 2.24) is 4.90 Å². The largest absolute Gasteiger partial charge is 0.442 e. The highest BCUT2D eigenvalue weighted by molar-refractivity contribution is 8.14. The highest BCUT2D eigenvalue weighted by atomic mass is 32.2. The lowest BCUT2D eigenvalue weighted by molar-refractivity contribution is -0.126. The average Bonchev–Trinajstić information content (AvgIpc) is 2.59. The van der Waals surface area contributed by atoms with Crippen LogP contribution in [0.1, 0.15) is 13.8 Å². The van der Waals surface area contributed by atoms with Gasteiger partial charge in [0.2, 0.25) is 5.91 Å². The van der Waals surface area contributed by atoms with Crippen LogP contribution < -0.4 is 0 Å². The molecule has 1 saturated heterocycles. The number of hydrogen-bond donors (Lipinski definition) is 0. The Labute approximate surface area is 91.6 Å². The van der Waals surface area contributed by atoms with Gasteiger partial charge in [0, 0.05) is 14.0 Å². The van der Waals surface area contributed by atoms with E-state index in [2.05, 4.69) is 9.99 Å². The van der Waals surface area contributed by atoms with Gasteiger partial charge in [-0.1, -0.05) is 16.9 Å². The van der Waals surface area contributed by atoms with Crippen molar-refractivity contribution >= 4 is 28.8 Å². The molecular formula is C8H12N2O4S. The number of hydrogen-bond acceptors (Lipinski definition) is 6. The number of rotatable bonds is 1. The summed E-state index contributed by atoms with van der Waals surface area (Å²) < 4.78 is 5.17. The molecule has 1 heterocycles. The molecule has 1 aliphatic rings. The van der Waals surface area contributed by atoms with Gasteiger partial charge in [-0.15, -0.1) is 0 Å². The summed E-state index contributed by atoms with van der Waals surface area (Å²) in [6.07, 6.45) is -0.958. The minimum absolute atomic E-state index is 0.162. The van der Waals surface area contributed by atoms with Crippen LogP contribution in [0.3, 0.4) is 0 Å². The number of oxime groups is 1. The van der Waals surface area contributed by atoms with Gasteiger partial charge in [-0.25, -0.2) is 9.69 Å². The average molecular weight is 232 g/mol. The van der Waals surface area contributed by atoms with Gasteiger partial charge in [0.05, 0.1) is 5.94 Å². The monoisotopic (exact) mass is 232 g/mol. The first kappa shape index (κ1) is 12.0. The molecular weight excluding hydrogens is 220 g/mol. The maximum atomic E-state index is 11.2. The van der Waals surface area contributed by atoms with Crippen molar-refractivity contribution in [2.24, 2.45) is 5.16 Å². The van der Waals surface area contributed by atoms with Crippen LogP contribution in [0.15, 0.2) is 5.16 Å². The molecule has 0 aromatic heterocycles. The Kier molecular flexibility index (Phi) is 4.10. The molecule has 6 nitrogen and oxygen atoms in total. The molecule has 0 bridgehead atoms. The van der Waals surface area contributed by atoms with E-state index in [9.17, 15) is 9.59 Å². The molecule has 2 amide bonds. The minimum atomic E-state index is -0.797. The van der Waals surface area contributed by atoms with Gasteiger partial charge in [0.15, 0.2) is 0 Å². The lowest BCUT2D eigenvalue weighted by atomic mass is 10.4. The Morgan fingerprint density at radius 3 is 2.80 bits per heavy atom. The molecule has 1 unspecified atom stereocenters. The summed E-state index contributed by atoms with van der Waals surface area (Å²) in [5.41, 5.74) is 0. The van der Waals surface area contributed by atoms with E-state index in [1.807, 2.05) is 0 Å². The molecule has 15 heavy (non-hydrogen) atoms. The van der Waals surface area contributed by atoms with Gasteiger partial charge in [-0.2, -0.15) is 0 Å². The van der Waals surface area contributed by atoms with Crippen LogP contribution >= 0.6 is 11.8 Å². The second kappa shape index (κ2) is 5.13. The molecule has 1 atom stereocenters. The molecule has 0 aromatic rings. The molecule has 0 aliphatic carbocycles. The smallest absolute Gasteiger partial charge is 0.361 e. The zero-order chi connectivity index (χ0) is 11.4. The maximum absolute atomic E-state index is 11.2. The Morgan fingerprint density at radius 1 is 1.67 bits per heavy atom. The van der Waals surface area contributed by atoms with Crippen molar-refractivity contribution in [3.05, 3.63) is 0 Å². The number of carbonyl (C=O) groups excluding carboxylic acids is 2. The fraction of sp³-hybridized carbons (Fsp3) is 0.625. The van der Waals surface area contributed by atoms with Crippen molar-refractivity contribution in [2.45, 2.75) is 20.0 Å². The van der Waals surface area contributed by atoms with Crippen molar-refractivity contribution in [3.8, 4) is 0 Å². The molecule has 0 spiro atoms. The standard InChI is InChI=1S/C8H12N2O4S/c1-5-7(15-4-13-5)9-14-8(12)10(3)6(2)11/h5H,4H2,1-3H3/b9-7-. The van der Waals surface area contributed by atoms with E-state index >= 15 is 0 Å². The quantitative estimate of drug-likeness (QED) is 0.499. The summed E-state index contributed by atoms with van der Waals surface area (Å²) >= 11 is 1.36. The van der Waals surface area contributed by atoms with Crippen LogP contribution in [0.2, 0.25) is 0 Å². The van der Waals surface area contributed by atoms with Gasteiger partial charge in [0.25, 0.3) is 0 Å². The van der Waals surface area contributed by atoms with E-state index in [1.54, 1.807) is 6.92 Å². The molecule has 84 valence electrons. The fourth-order valence-electron chi connectivity index (χ4n) is 0.759. The molecule has 0 aromatic carbocycles. The number of imide groups is 1. The van der Waals surface area contributed by atoms with Gasteiger partial charge in [-0.3, -0.25) is 9.63 Å². The summed E-state index contributed by atoms with van der Waals surface area (Å²) in [5, 5.41) is 4.22. The summed E-state index contributed by atoms with van der Waals surface area (Å²) in [6.45, 7) is 3.08. The summed E-state index contributed by atoms with van der Waals surface area (Å²) in [5.74, 6) is 0.101. The number of nitrogens with zero attached hydrogens (tertiary/aromatic N) is 2. The highest BCUT2D eigenvalue weighted by Crippen LogP contribution is 2.20. The zero-order valence-electron chi connectivity index (χ0n) is 8.72. The maximum Gasteiger partial charge on any atom is 0.442 e. The van der Waals surface area contributed by atoms with E-state index in [4.69, 9.17) is 4.74 Å². The molecule has 1 aliphatic heterocycles. The Hall–Kier alpha value is -1.08. The van der Waals surface area contributed by atoms with Crippen LogP contribution in [0.25, 0.3) is 0 Å². The van der Waals surface area contributed by atoms with E-state index in [1.165, 1.54) is 25.7 Å². The minimum Gasteiger partial charge on any atom is -0.361 e. The number of ether oxygens (including phenoxy) is 1. The predicted octanol–water partition coefficient (Wildman–Crippen LogP) is 1.02. The van der Waals surface area contributed by atoms with Crippen molar-refractivity contribution in [3.63, 3.8) is 0 Å². The second-order valence-electron chi connectivity index (χ2n) is 2.94. The normalized spacial score (nSPS) is 22.9. The molecule has 7 heteroatoms. The molecule has 1 rings (SSSR count). The van der Waals surface area contributed by atoms with Crippen LogP contribution in [-0.2, 0) is 14.4 Å². The van der Waals surface area contributed by atoms with E-state index < -0.39 is 12.0 Å². The zero-order valence-corrected chi connectivity index (χ0v) is 9.54. The summed E-state index contributed by atoms with van der Waals surface area (Å²) in [7, 11) is 1.33. The molecule has 0 radical (unpaired) electrons. The van der Waals surface area contributed by atoms with Gasteiger partial charge in [-0.05, 0) is 6.92 Å². The number of carbonyl (C=O) groups is 2. The lowest BCUT2D eigenvalue weighted by Crippen LogP contribution is -2.30. The Morgan fingerprint density at radius 2 is 2.33 bits per heavy atom. The van der Waals surface area contributed by atoms with Crippen LogP contribution in [-0.4, -0.2) is 41.0 Å². The van der Waals surface area contributed by atoms with Crippen molar-refractivity contribution in [1.29, 1.82) is 0 Å². The first-order chi connectivity index (χ1) is 7.02. The van der Waals surface area contributed by atoms with Crippen molar-refractivity contribution in [2.75, 3.05) is 13.0 Å². The summed E-state index contributed by atoms with van der Waals surface area (Å²) in [4.78, 5) is 27.4. The second-order valence-corrected chi connectivity index (χ2v) is 3.88. The van der Waals surface area contributed by atoms with Crippen LogP contribution in [0.5, 0.6) is 0 Å². The number of thioether (sulfide) groups is 1. The molecule has 0 saturated carbocycles. The Bertz CT molecular complexity index is 305. The number of amides is 2. The topological polar surface area (TPSA) is 68.2 Å². The van der Waals surface area contributed by atoms with Crippen LogP contribution in [0.4, 0.5) is 4.79 Å². The third-order valence-electron chi connectivity index (χ3n) is 1.83. The van der Waals surface area contributed by atoms with Gasteiger partial charge < -0.3 is 4.74 Å². The summed E-state index contributed by atoms with van der Waals surface area (Å²) in [6, 6.07) is 0. The lowest BCUT2D eigenvalue weighted by Gasteiger charge is -2.09. The van der Waals surface area contributed by atoms with Gasteiger partial charge >= 0.3 is 6.09 Å². The first-order valence-corrected chi connectivity index (χ1v) is 5.28. The third-order valence-corrected chi connectivity index (χ3v) is 2.79. The van der Waals surface area contributed by atoms with Crippen LogP contribution in [0, 0.1) is 0 Å². The van der Waals surface area contributed by atoms with E-state index in [0.717, 1.165) is 4.90 Å². The van der Waals surface area contributed by atoms with E-state index in [0.29, 0.717) is 11.0 Å². The molecule has 0 N–H and O–H groups in total. The fourth-order valence-corrected chi connectivity index (χ4v) is 1.55. The van der Waals surface area contributed by atoms with Crippen molar-refractivity contribution < 1.29 is 19.2 Å². The third kappa shape index (κ3) is 3.21. The first-order valence-electron chi connectivity index (χ1n) is 4.30. The molecule has 1 fully saturated rings. The Balaban J connectivity index is 2.49. The predicted molar refractivity (Wildman–Crippen MR) is 55.4 cm³/mol. The highest BCUT2D eigenvalue weighted by Gasteiger charge is 2.21. The van der Waals surface area contributed by atoms with E-state index in [-0.39, 0.29) is 6.10 Å².